The van der Waals surface area contributed by atoms with Gasteiger partial charge >= 0.3 is 13.3 Å². The smallest absolute Gasteiger partial charge is 0.350 e. The third-order valence-corrected chi connectivity index (χ3v) is 3.63. The first-order valence-corrected chi connectivity index (χ1v) is 7.75. The Morgan fingerprint density at radius 1 is 1.50 bits per heavy atom. The first-order valence-electron chi connectivity index (χ1n) is 5.95. The van der Waals surface area contributed by atoms with Crippen LogP contribution in [0.4, 0.5) is 5.82 Å². The number of nitrogens with zero attached hydrogens (tertiary/aromatic N) is 2. The van der Waals surface area contributed by atoms with Gasteiger partial charge in [-0.05, 0) is 12.5 Å². The molecule has 1 aliphatic carbocycles. The van der Waals surface area contributed by atoms with E-state index < -0.39 is 37.9 Å². The highest BCUT2D eigenvalue weighted by Gasteiger charge is 2.36. The second kappa shape index (κ2) is 5.63. The van der Waals surface area contributed by atoms with E-state index in [9.17, 15) is 14.5 Å². The van der Waals surface area contributed by atoms with Crippen molar-refractivity contribution in [3.05, 3.63) is 22.7 Å². The molecule has 1 heterocycles. The molecule has 0 aromatic carbocycles. The monoisotopic (exact) mass is 305 g/mol. The highest BCUT2D eigenvalue weighted by molar-refractivity contribution is 7.51. The Labute approximate surface area is 114 Å². The lowest BCUT2D eigenvalue weighted by Gasteiger charge is -2.16. The molecular formula is C10H16N3O6P. The molecule has 1 saturated carbocycles. The Balaban J connectivity index is 2.07. The molecule has 112 valence electrons. The van der Waals surface area contributed by atoms with Crippen molar-refractivity contribution >= 4 is 13.4 Å². The lowest BCUT2D eigenvalue weighted by atomic mass is 10.2. The van der Waals surface area contributed by atoms with Gasteiger partial charge < -0.3 is 25.4 Å². The molecule has 2 rings (SSSR count). The number of hydrogen-bond donors (Lipinski definition) is 4. The molecule has 3 atom stereocenters. The van der Waals surface area contributed by atoms with Crippen LogP contribution in [-0.4, -0.2) is 43.0 Å². The molecule has 0 aliphatic heterocycles. The summed E-state index contributed by atoms with van der Waals surface area (Å²) in [6, 6.07) is 0.898. The van der Waals surface area contributed by atoms with Gasteiger partial charge in [-0.1, -0.05) is 0 Å². The van der Waals surface area contributed by atoms with Crippen molar-refractivity contribution in [2.45, 2.75) is 31.1 Å². The van der Waals surface area contributed by atoms with Gasteiger partial charge in [-0.15, -0.1) is 0 Å². The summed E-state index contributed by atoms with van der Waals surface area (Å²) < 4.78 is 17.1. The second-order valence-electron chi connectivity index (χ2n) is 4.73. The molecular weight excluding hydrogens is 289 g/mol. The van der Waals surface area contributed by atoms with E-state index in [2.05, 4.69) is 4.98 Å². The van der Waals surface area contributed by atoms with Crippen LogP contribution in [0.3, 0.4) is 0 Å². The summed E-state index contributed by atoms with van der Waals surface area (Å²) in [5, 5.41) is 9.94. The van der Waals surface area contributed by atoms with Crippen LogP contribution in [0.2, 0.25) is 0 Å². The predicted octanol–water partition coefficient (Wildman–Crippen LogP) is -0.958. The highest BCUT2D eigenvalue weighted by atomic mass is 31.2. The zero-order chi connectivity index (χ0) is 14.9. The molecule has 9 nitrogen and oxygen atoms in total. The number of aliphatic hydroxyl groups excluding tert-OH is 1. The molecule has 20 heavy (non-hydrogen) atoms. The van der Waals surface area contributed by atoms with Crippen LogP contribution >= 0.6 is 7.60 Å². The molecule has 5 N–H and O–H groups in total. The van der Waals surface area contributed by atoms with Gasteiger partial charge in [0.2, 0.25) is 0 Å². The van der Waals surface area contributed by atoms with Crippen LogP contribution in [0.1, 0.15) is 18.9 Å². The summed E-state index contributed by atoms with van der Waals surface area (Å²) in [5.74, 6) is 0.0908. The lowest BCUT2D eigenvalue weighted by molar-refractivity contribution is 0.0666. The van der Waals surface area contributed by atoms with E-state index in [0.717, 1.165) is 0 Å². The fourth-order valence-electron chi connectivity index (χ4n) is 2.26. The van der Waals surface area contributed by atoms with Crippen molar-refractivity contribution in [3.63, 3.8) is 0 Å². The standard InChI is InChI=1S/C10H16N3O6P/c11-9-1-2-13(10(15)12-9)7-3-6(4-8(7)14)19-5-20(16,17)18/h1-2,6-8,14H,3-5H2,(H2,11,12,15)(H2,16,17,18)/t6-,7+,8+/m0/s1. The maximum atomic E-state index is 11.7. The minimum Gasteiger partial charge on any atom is -0.391 e. The summed E-state index contributed by atoms with van der Waals surface area (Å²) in [5.41, 5.74) is 4.81. The number of anilines is 1. The topological polar surface area (TPSA) is 148 Å². The molecule has 1 aliphatic rings. The van der Waals surface area contributed by atoms with Gasteiger partial charge in [0.15, 0.2) is 0 Å². The van der Waals surface area contributed by atoms with E-state index in [4.69, 9.17) is 20.3 Å². The number of rotatable bonds is 4. The van der Waals surface area contributed by atoms with E-state index in [1.165, 1.54) is 16.8 Å². The molecule has 10 heteroatoms. The average molecular weight is 305 g/mol. The summed E-state index contributed by atoms with van der Waals surface area (Å²) in [6.07, 6.45) is -0.170. The third kappa shape index (κ3) is 3.65. The van der Waals surface area contributed by atoms with Gasteiger partial charge in [-0.3, -0.25) is 9.13 Å². The van der Waals surface area contributed by atoms with Crippen LogP contribution in [0.5, 0.6) is 0 Å². The highest BCUT2D eigenvalue weighted by Crippen LogP contribution is 2.38. The quantitative estimate of drug-likeness (QED) is 0.520. The third-order valence-electron chi connectivity index (χ3n) is 3.14. The van der Waals surface area contributed by atoms with Gasteiger partial charge in [0.1, 0.15) is 12.2 Å². The van der Waals surface area contributed by atoms with E-state index in [1.54, 1.807) is 0 Å². The average Bonchev–Trinajstić information content (AvgIpc) is 2.67. The van der Waals surface area contributed by atoms with Crippen LogP contribution in [-0.2, 0) is 9.30 Å². The summed E-state index contributed by atoms with van der Waals surface area (Å²) >= 11 is 0. The van der Waals surface area contributed by atoms with E-state index in [1.807, 2.05) is 0 Å². The van der Waals surface area contributed by atoms with Gasteiger partial charge in [-0.25, -0.2) is 4.79 Å². The largest absolute Gasteiger partial charge is 0.391 e. The Hall–Kier alpha value is -1.25. The molecule has 0 saturated heterocycles. The van der Waals surface area contributed by atoms with Crippen LogP contribution in [0.15, 0.2) is 17.1 Å². The number of hydrogen-bond acceptors (Lipinski definition) is 6. The van der Waals surface area contributed by atoms with Gasteiger partial charge in [0.25, 0.3) is 0 Å². The first kappa shape index (κ1) is 15.1. The number of nitrogen functional groups attached to an aromatic ring is 1. The zero-order valence-electron chi connectivity index (χ0n) is 10.5. The van der Waals surface area contributed by atoms with Crippen molar-refractivity contribution in [2.24, 2.45) is 0 Å². The minimum atomic E-state index is -4.25. The molecule has 0 amide bonds. The lowest BCUT2D eigenvalue weighted by Crippen LogP contribution is -2.30. The normalized spacial score (nSPS) is 26.9. The first-order chi connectivity index (χ1) is 9.26. The van der Waals surface area contributed by atoms with Gasteiger partial charge in [0, 0.05) is 12.6 Å². The van der Waals surface area contributed by atoms with Crippen LogP contribution < -0.4 is 11.4 Å². The Bertz CT molecular complexity index is 585. The fourth-order valence-corrected chi connectivity index (χ4v) is 2.67. The maximum absolute atomic E-state index is 11.7. The molecule has 0 radical (unpaired) electrons. The summed E-state index contributed by atoms with van der Waals surface area (Å²) in [7, 11) is -4.25. The maximum Gasteiger partial charge on any atom is 0.350 e. The molecule has 1 fully saturated rings. The summed E-state index contributed by atoms with van der Waals surface area (Å²) in [6.45, 7) is 0. The minimum absolute atomic E-state index is 0.0908. The number of ether oxygens (including phenoxy) is 1. The zero-order valence-corrected chi connectivity index (χ0v) is 11.4. The van der Waals surface area contributed by atoms with Gasteiger partial charge in [0.05, 0.1) is 18.2 Å². The second-order valence-corrected chi connectivity index (χ2v) is 6.32. The van der Waals surface area contributed by atoms with Crippen molar-refractivity contribution in [3.8, 4) is 0 Å². The Kier molecular flexibility index (Phi) is 4.26. The molecule has 1 aromatic heterocycles. The van der Waals surface area contributed by atoms with E-state index >= 15 is 0 Å². The number of nitrogens with two attached hydrogens (primary N) is 1. The van der Waals surface area contributed by atoms with Crippen LogP contribution in [0, 0.1) is 0 Å². The van der Waals surface area contributed by atoms with Crippen LogP contribution in [0.25, 0.3) is 0 Å². The molecule has 0 bridgehead atoms. The molecule has 1 aromatic rings. The van der Waals surface area contributed by atoms with E-state index in [0.29, 0.717) is 0 Å². The molecule has 0 spiro atoms. The summed E-state index contributed by atoms with van der Waals surface area (Å²) in [4.78, 5) is 32.8. The predicted molar refractivity (Wildman–Crippen MR) is 69.0 cm³/mol. The SMILES string of the molecule is Nc1ccn([C@@H]2C[C@H](OCP(=O)(O)O)C[C@H]2O)c(=O)n1. The Morgan fingerprint density at radius 3 is 2.80 bits per heavy atom. The fraction of sp³-hybridized carbons (Fsp3) is 0.600. The van der Waals surface area contributed by atoms with Crippen molar-refractivity contribution < 1.29 is 24.2 Å². The van der Waals surface area contributed by atoms with Crippen molar-refractivity contribution in [1.29, 1.82) is 0 Å². The number of aliphatic hydroxyl groups is 1. The molecule has 0 unspecified atom stereocenters. The van der Waals surface area contributed by atoms with Crippen molar-refractivity contribution in [1.82, 2.24) is 9.55 Å². The van der Waals surface area contributed by atoms with E-state index in [-0.39, 0.29) is 18.7 Å². The van der Waals surface area contributed by atoms with Gasteiger partial charge in [-0.2, -0.15) is 4.98 Å². The number of aromatic nitrogens is 2. The van der Waals surface area contributed by atoms with Crippen molar-refractivity contribution in [2.75, 3.05) is 12.1 Å². The Morgan fingerprint density at radius 2 is 2.20 bits per heavy atom.